The number of hydrazone groups is 1. The Kier molecular flexibility index (Phi) is 4.16. The van der Waals surface area contributed by atoms with E-state index in [0.29, 0.717) is 31.6 Å². The van der Waals surface area contributed by atoms with E-state index in [2.05, 4.69) is 15.0 Å². The zero-order valence-electron chi connectivity index (χ0n) is 13.8. The van der Waals surface area contributed by atoms with Crippen LogP contribution in [-0.2, 0) is 16.6 Å². The van der Waals surface area contributed by atoms with Gasteiger partial charge in [-0.3, -0.25) is 14.5 Å². The lowest BCUT2D eigenvalue weighted by Gasteiger charge is -2.39. The minimum Gasteiger partial charge on any atom is -0.337 e. The fraction of sp³-hybridized carbons (Fsp3) is 0.600. The zero-order chi connectivity index (χ0) is 16.6. The van der Waals surface area contributed by atoms with Gasteiger partial charge < -0.3 is 9.47 Å². The Morgan fingerprint density at radius 2 is 2.00 bits per heavy atom. The molecule has 0 spiro atoms. The van der Waals surface area contributed by atoms with Gasteiger partial charge in [0.15, 0.2) is 0 Å². The topological polar surface area (TPSA) is 74.0 Å². The summed E-state index contributed by atoms with van der Waals surface area (Å²) in [6, 6.07) is 0.0660. The van der Waals surface area contributed by atoms with Crippen LogP contribution in [0.2, 0.25) is 0 Å². The first-order chi connectivity index (χ1) is 11.0. The molecular formula is C15H22N6O2. The van der Waals surface area contributed by atoms with Crippen molar-refractivity contribution in [2.24, 2.45) is 12.1 Å². The number of aromatic nitrogens is 2. The van der Waals surface area contributed by atoms with Crippen LogP contribution >= 0.6 is 0 Å². The van der Waals surface area contributed by atoms with Crippen LogP contribution in [-0.4, -0.2) is 75.6 Å². The zero-order valence-corrected chi connectivity index (χ0v) is 13.8. The van der Waals surface area contributed by atoms with Gasteiger partial charge in [-0.05, 0) is 7.05 Å². The molecule has 0 bridgehead atoms. The van der Waals surface area contributed by atoms with E-state index >= 15 is 0 Å². The quantitative estimate of drug-likeness (QED) is 0.760. The van der Waals surface area contributed by atoms with Gasteiger partial charge in [0.2, 0.25) is 5.91 Å². The molecule has 3 rings (SSSR count). The summed E-state index contributed by atoms with van der Waals surface area (Å²) < 4.78 is 1.99. The average molecular weight is 318 g/mol. The SMILES string of the molecule is CN1N=C(C(=O)N2CCN(C)[C@@H](c3nccn3C)C2)CCC1=O. The normalized spacial score (nSPS) is 23.2. The maximum atomic E-state index is 12.7. The van der Waals surface area contributed by atoms with Crippen molar-refractivity contribution in [2.75, 3.05) is 33.7 Å². The van der Waals surface area contributed by atoms with E-state index < -0.39 is 0 Å². The van der Waals surface area contributed by atoms with E-state index in [4.69, 9.17) is 0 Å². The Hall–Kier alpha value is -2.22. The second kappa shape index (κ2) is 6.11. The molecule has 124 valence electrons. The van der Waals surface area contributed by atoms with Gasteiger partial charge in [-0.2, -0.15) is 5.10 Å². The van der Waals surface area contributed by atoms with Crippen LogP contribution in [0, 0.1) is 0 Å². The molecule has 23 heavy (non-hydrogen) atoms. The third kappa shape index (κ3) is 2.98. The van der Waals surface area contributed by atoms with E-state index in [1.165, 1.54) is 5.01 Å². The summed E-state index contributed by atoms with van der Waals surface area (Å²) in [6.07, 6.45) is 4.45. The number of imidazole rings is 1. The van der Waals surface area contributed by atoms with Crippen LogP contribution in [0.25, 0.3) is 0 Å². The number of carbonyl (C=O) groups is 2. The molecule has 2 amide bonds. The third-order valence-corrected chi connectivity index (χ3v) is 4.55. The summed E-state index contributed by atoms with van der Waals surface area (Å²) in [7, 11) is 5.60. The van der Waals surface area contributed by atoms with Crippen molar-refractivity contribution < 1.29 is 9.59 Å². The Balaban J connectivity index is 1.76. The predicted octanol–water partition coefficient (Wildman–Crippen LogP) is -0.157. The van der Waals surface area contributed by atoms with E-state index in [-0.39, 0.29) is 17.9 Å². The maximum Gasteiger partial charge on any atom is 0.270 e. The van der Waals surface area contributed by atoms with Gasteiger partial charge in [0, 0.05) is 59.0 Å². The molecule has 0 radical (unpaired) electrons. The molecule has 1 aromatic heterocycles. The van der Waals surface area contributed by atoms with Crippen molar-refractivity contribution in [3.8, 4) is 0 Å². The minimum atomic E-state index is -0.0725. The molecule has 2 aliphatic heterocycles. The first-order valence-corrected chi connectivity index (χ1v) is 7.78. The van der Waals surface area contributed by atoms with E-state index in [1.807, 2.05) is 29.8 Å². The highest BCUT2D eigenvalue weighted by Gasteiger charge is 2.33. The molecule has 0 aliphatic carbocycles. The van der Waals surface area contributed by atoms with Gasteiger partial charge in [0.05, 0.1) is 6.04 Å². The highest BCUT2D eigenvalue weighted by Crippen LogP contribution is 2.23. The Labute approximate surface area is 135 Å². The van der Waals surface area contributed by atoms with Crippen LogP contribution < -0.4 is 0 Å². The fourth-order valence-electron chi connectivity index (χ4n) is 3.04. The van der Waals surface area contributed by atoms with E-state index in [1.54, 1.807) is 13.2 Å². The number of nitrogens with zero attached hydrogens (tertiary/aromatic N) is 6. The van der Waals surface area contributed by atoms with Gasteiger partial charge >= 0.3 is 0 Å². The maximum absolute atomic E-state index is 12.7. The van der Waals surface area contributed by atoms with Crippen LogP contribution in [0.15, 0.2) is 17.5 Å². The molecule has 1 fully saturated rings. The molecule has 2 aliphatic rings. The molecule has 0 N–H and O–H groups in total. The smallest absolute Gasteiger partial charge is 0.270 e. The number of carbonyl (C=O) groups excluding carboxylic acids is 2. The van der Waals surface area contributed by atoms with Gasteiger partial charge in [0.25, 0.3) is 5.91 Å². The van der Waals surface area contributed by atoms with Crippen molar-refractivity contribution in [2.45, 2.75) is 18.9 Å². The van der Waals surface area contributed by atoms with Crippen molar-refractivity contribution in [3.63, 3.8) is 0 Å². The van der Waals surface area contributed by atoms with Crippen molar-refractivity contribution in [3.05, 3.63) is 18.2 Å². The summed E-state index contributed by atoms with van der Waals surface area (Å²) in [5.41, 5.74) is 0.468. The Morgan fingerprint density at radius 1 is 1.22 bits per heavy atom. The van der Waals surface area contributed by atoms with Gasteiger partial charge in [-0.25, -0.2) is 9.99 Å². The molecule has 0 unspecified atom stereocenters. The molecular weight excluding hydrogens is 296 g/mol. The van der Waals surface area contributed by atoms with E-state index in [9.17, 15) is 9.59 Å². The molecule has 3 heterocycles. The lowest BCUT2D eigenvalue weighted by Crippen LogP contribution is -2.52. The van der Waals surface area contributed by atoms with Gasteiger partial charge in [-0.15, -0.1) is 0 Å². The van der Waals surface area contributed by atoms with Crippen LogP contribution in [0.3, 0.4) is 0 Å². The number of piperazine rings is 1. The number of aryl methyl sites for hydroxylation is 1. The Morgan fingerprint density at radius 3 is 2.65 bits per heavy atom. The predicted molar refractivity (Wildman–Crippen MR) is 84.6 cm³/mol. The molecule has 1 saturated heterocycles. The summed E-state index contributed by atoms with van der Waals surface area (Å²) in [6.45, 7) is 2.02. The first-order valence-electron chi connectivity index (χ1n) is 7.78. The summed E-state index contributed by atoms with van der Waals surface area (Å²) in [5, 5.41) is 5.40. The molecule has 8 nitrogen and oxygen atoms in total. The molecule has 1 aromatic rings. The first kappa shape index (κ1) is 15.7. The molecule has 1 atom stereocenters. The average Bonchev–Trinajstić information content (AvgIpc) is 2.96. The molecule has 8 heteroatoms. The molecule has 0 saturated carbocycles. The monoisotopic (exact) mass is 318 g/mol. The third-order valence-electron chi connectivity index (χ3n) is 4.55. The largest absolute Gasteiger partial charge is 0.337 e. The highest BCUT2D eigenvalue weighted by atomic mass is 16.2. The lowest BCUT2D eigenvalue weighted by molar-refractivity contribution is -0.131. The minimum absolute atomic E-state index is 0.0502. The standard InChI is InChI=1S/C15H22N6O2/c1-18-8-9-21(10-12(18)14-16-6-7-19(14)2)15(23)11-4-5-13(22)20(3)17-11/h6-7,12H,4-5,8-10H2,1-3H3/t12-/m1/s1. The highest BCUT2D eigenvalue weighted by molar-refractivity contribution is 6.39. The van der Waals surface area contributed by atoms with Crippen molar-refractivity contribution in [1.29, 1.82) is 0 Å². The van der Waals surface area contributed by atoms with Gasteiger partial charge in [-0.1, -0.05) is 0 Å². The van der Waals surface area contributed by atoms with Crippen LogP contribution in [0.1, 0.15) is 24.7 Å². The second-order valence-electron chi connectivity index (χ2n) is 6.11. The van der Waals surface area contributed by atoms with Crippen molar-refractivity contribution in [1.82, 2.24) is 24.4 Å². The van der Waals surface area contributed by atoms with E-state index in [0.717, 1.165) is 12.4 Å². The molecule has 0 aromatic carbocycles. The fourth-order valence-corrected chi connectivity index (χ4v) is 3.04. The summed E-state index contributed by atoms with van der Waals surface area (Å²) >= 11 is 0. The van der Waals surface area contributed by atoms with Crippen LogP contribution in [0.4, 0.5) is 0 Å². The lowest BCUT2D eigenvalue weighted by atomic mass is 10.1. The van der Waals surface area contributed by atoms with Gasteiger partial charge in [0.1, 0.15) is 11.5 Å². The van der Waals surface area contributed by atoms with Crippen molar-refractivity contribution >= 4 is 17.5 Å². The number of hydrogen-bond donors (Lipinski definition) is 0. The number of hydrogen-bond acceptors (Lipinski definition) is 5. The summed E-state index contributed by atoms with van der Waals surface area (Å²) in [4.78, 5) is 32.7. The Bertz CT molecular complexity index is 652. The second-order valence-corrected chi connectivity index (χ2v) is 6.11. The number of amides is 2. The number of rotatable bonds is 2. The number of likely N-dealkylation sites (N-methyl/N-ethyl adjacent to an activating group) is 1. The van der Waals surface area contributed by atoms with Crippen LogP contribution in [0.5, 0.6) is 0 Å². The summed E-state index contributed by atoms with van der Waals surface area (Å²) in [5.74, 6) is 0.824.